The van der Waals surface area contributed by atoms with Gasteiger partial charge in [0, 0.05) is 31.7 Å². The fourth-order valence-corrected chi connectivity index (χ4v) is 3.43. The fraction of sp³-hybridized carbons (Fsp3) is 0.800. The van der Waals surface area contributed by atoms with Crippen molar-refractivity contribution >= 4 is 5.82 Å². The average Bonchev–Trinajstić information content (AvgIpc) is 2.65. The second-order valence-electron chi connectivity index (χ2n) is 6.08. The Bertz CT molecular complexity index is 408. The smallest absolute Gasteiger partial charge is 0.124 e. The highest BCUT2D eigenvalue weighted by Gasteiger charge is 2.23. The summed E-state index contributed by atoms with van der Waals surface area (Å²) < 4.78 is 2.12. The van der Waals surface area contributed by atoms with E-state index in [9.17, 15) is 0 Å². The number of hydrogen-bond acceptors (Lipinski definition) is 3. The predicted octanol–water partition coefficient (Wildman–Crippen LogP) is 2.75. The lowest BCUT2D eigenvalue weighted by molar-refractivity contribution is 0.244. The zero-order chi connectivity index (χ0) is 13.1. The van der Waals surface area contributed by atoms with Crippen LogP contribution in [-0.2, 0) is 6.54 Å². The number of aliphatic hydroxyl groups is 1. The van der Waals surface area contributed by atoms with Gasteiger partial charge in [0.2, 0.25) is 0 Å². The van der Waals surface area contributed by atoms with Crippen molar-refractivity contribution in [1.29, 1.82) is 0 Å². The molecule has 0 bridgehead atoms. The first-order valence-electron chi connectivity index (χ1n) is 7.79. The van der Waals surface area contributed by atoms with Crippen LogP contribution in [0.2, 0.25) is 0 Å². The Kier molecular flexibility index (Phi) is 4.06. The first-order valence-corrected chi connectivity index (χ1v) is 7.79. The second kappa shape index (κ2) is 5.95. The summed E-state index contributed by atoms with van der Waals surface area (Å²) in [5.74, 6) is 2.35. The lowest BCUT2D eigenvalue weighted by atomic mass is 9.97. The van der Waals surface area contributed by atoms with Crippen LogP contribution in [0.4, 0.5) is 5.82 Å². The molecule has 2 N–H and O–H groups in total. The van der Waals surface area contributed by atoms with E-state index in [0.29, 0.717) is 11.8 Å². The molecule has 1 fully saturated rings. The van der Waals surface area contributed by atoms with Crippen LogP contribution in [0, 0.1) is 5.92 Å². The van der Waals surface area contributed by atoms with Crippen LogP contribution < -0.4 is 5.32 Å². The highest BCUT2D eigenvalue weighted by Crippen LogP contribution is 2.33. The minimum atomic E-state index is 0.276. The molecule has 0 aromatic carbocycles. The second-order valence-corrected chi connectivity index (χ2v) is 6.08. The number of fused-ring (bicyclic) bond motifs is 1. The summed E-state index contributed by atoms with van der Waals surface area (Å²) in [6.45, 7) is 2.20. The van der Waals surface area contributed by atoms with Gasteiger partial charge in [0.1, 0.15) is 5.82 Å². The van der Waals surface area contributed by atoms with Gasteiger partial charge >= 0.3 is 0 Å². The third-order valence-electron chi connectivity index (χ3n) is 4.61. The van der Waals surface area contributed by atoms with Gasteiger partial charge in [0.25, 0.3) is 0 Å². The standard InChI is InChI=1S/C15H25N3O/c19-8-7-12-10-16-15-9-14(17-18(15)11-12)13-5-3-1-2-4-6-13/h9,12-13,16,19H,1-8,10-11H2. The Labute approximate surface area is 115 Å². The molecule has 1 aliphatic carbocycles. The van der Waals surface area contributed by atoms with Crippen molar-refractivity contribution < 1.29 is 5.11 Å². The number of hydrogen-bond donors (Lipinski definition) is 2. The Morgan fingerprint density at radius 2 is 2.05 bits per heavy atom. The van der Waals surface area contributed by atoms with E-state index in [4.69, 9.17) is 10.2 Å². The first-order chi connectivity index (χ1) is 9.36. The number of aliphatic hydroxyl groups excluding tert-OH is 1. The molecule has 19 heavy (non-hydrogen) atoms. The average molecular weight is 263 g/mol. The third kappa shape index (κ3) is 2.94. The Balaban J connectivity index is 1.71. The van der Waals surface area contributed by atoms with Gasteiger partial charge < -0.3 is 10.4 Å². The Morgan fingerprint density at radius 3 is 2.79 bits per heavy atom. The summed E-state index contributed by atoms with van der Waals surface area (Å²) >= 11 is 0. The number of aromatic nitrogens is 2. The molecule has 1 aliphatic heterocycles. The van der Waals surface area contributed by atoms with E-state index in [1.807, 2.05) is 0 Å². The Hall–Kier alpha value is -1.03. The lowest BCUT2D eigenvalue weighted by Gasteiger charge is -2.24. The van der Waals surface area contributed by atoms with Crippen LogP contribution >= 0.6 is 0 Å². The molecule has 0 amide bonds. The van der Waals surface area contributed by atoms with Crippen molar-refractivity contribution in [3.8, 4) is 0 Å². The van der Waals surface area contributed by atoms with Crippen LogP contribution in [0.5, 0.6) is 0 Å². The third-order valence-corrected chi connectivity index (χ3v) is 4.61. The van der Waals surface area contributed by atoms with Gasteiger partial charge in [0.05, 0.1) is 5.69 Å². The maximum absolute atomic E-state index is 9.05. The quantitative estimate of drug-likeness (QED) is 0.824. The van der Waals surface area contributed by atoms with Crippen molar-refractivity contribution in [3.63, 3.8) is 0 Å². The van der Waals surface area contributed by atoms with Crippen molar-refractivity contribution in [2.24, 2.45) is 5.92 Å². The lowest BCUT2D eigenvalue weighted by Crippen LogP contribution is -2.28. The summed E-state index contributed by atoms with van der Waals surface area (Å²) in [5, 5.41) is 17.3. The molecule has 1 atom stereocenters. The molecule has 1 aromatic heterocycles. The minimum absolute atomic E-state index is 0.276. The molecule has 0 radical (unpaired) electrons. The van der Waals surface area contributed by atoms with E-state index in [2.05, 4.69) is 16.1 Å². The molecule has 0 spiro atoms. The monoisotopic (exact) mass is 263 g/mol. The molecular formula is C15H25N3O. The Morgan fingerprint density at radius 1 is 1.26 bits per heavy atom. The molecule has 0 saturated heterocycles. The molecule has 1 saturated carbocycles. The highest BCUT2D eigenvalue weighted by atomic mass is 16.3. The van der Waals surface area contributed by atoms with Crippen LogP contribution in [0.15, 0.2) is 6.07 Å². The molecule has 4 nitrogen and oxygen atoms in total. The molecule has 1 unspecified atom stereocenters. The highest BCUT2D eigenvalue weighted by molar-refractivity contribution is 5.39. The van der Waals surface area contributed by atoms with Crippen LogP contribution in [0.3, 0.4) is 0 Å². The zero-order valence-corrected chi connectivity index (χ0v) is 11.6. The maximum Gasteiger partial charge on any atom is 0.124 e. The van der Waals surface area contributed by atoms with Gasteiger partial charge in [-0.15, -0.1) is 0 Å². The maximum atomic E-state index is 9.05. The minimum Gasteiger partial charge on any atom is -0.396 e. The molecule has 4 heteroatoms. The molecule has 2 aliphatic rings. The van der Waals surface area contributed by atoms with Gasteiger partial charge in [-0.25, -0.2) is 4.68 Å². The van der Waals surface area contributed by atoms with Crippen molar-refractivity contribution in [2.45, 2.75) is 57.4 Å². The molecule has 106 valence electrons. The first kappa shape index (κ1) is 13.0. The fourth-order valence-electron chi connectivity index (χ4n) is 3.43. The van der Waals surface area contributed by atoms with Gasteiger partial charge in [-0.3, -0.25) is 0 Å². The molecular weight excluding hydrogens is 238 g/mol. The SMILES string of the molecule is OCCC1CNc2cc(C3CCCCCC3)nn2C1. The molecule has 2 heterocycles. The van der Waals surface area contributed by atoms with Gasteiger partial charge in [0.15, 0.2) is 0 Å². The van der Waals surface area contributed by atoms with E-state index in [1.54, 1.807) is 0 Å². The summed E-state index contributed by atoms with van der Waals surface area (Å²) in [5.41, 5.74) is 1.29. The molecule has 3 rings (SSSR count). The van der Waals surface area contributed by atoms with E-state index in [1.165, 1.54) is 50.0 Å². The van der Waals surface area contributed by atoms with E-state index in [-0.39, 0.29) is 6.61 Å². The summed E-state index contributed by atoms with van der Waals surface area (Å²) in [4.78, 5) is 0. The predicted molar refractivity (Wildman–Crippen MR) is 76.4 cm³/mol. The van der Waals surface area contributed by atoms with Crippen LogP contribution in [0.1, 0.15) is 56.6 Å². The van der Waals surface area contributed by atoms with Crippen molar-refractivity contribution in [2.75, 3.05) is 18.5 Å². The number of nitrogens with one attached hydrogen (secondary N) is 1. The largest absolute Gasteiger partial charge is 0.396 e. The molecule has 1 aromatic rings. The van der Waals surface area contributed by atoms with E-state index in [0.717, 1.165) is 19.5 Å². The topological polar surface area (TPSA) is 50.1 Å². The summed E-state index contributed by atoms with van der Waals surface area (Å²) in [6, 6.07) is 2.26. The normalized spacial score (nSPS) is 24.6. The summed E-state index contributed by atoms with van der Waals surface area (Å²) in [7, 11) is 0. The van der Waals surface area contributed by atoms with Crippen molar-refractivity contribution in [3.05, 3.63) is 11.8 Å². The van der Waals surface area contributed by atoms with E-state index < -0.39 is 0 Å². The van der Waals surface area contributed by atoms with Gasteiger partial charge in [-0.05, 0) is 25.2 Å². The van der Waals surface area contributed by atoms with Crippen molar-refractivity contribution in [1.82, 2.24) is 9.78 Å². The van der Waals surface area contributed by atoms with Gasteiger partial charge in [-0.2, -0.15) is 5.10 Å². The zero-order valence-electron chi connectivity index (χ0n) is 11.6. The van der Waals surface area contributed by atoms with E-state index >= 15 is 0 Å². The number of nitrogens with zero attached hydrogens (tertiary/aromatic N) is 2. The van der Waals surface area contributed by atoms with Gasteiger partial charge in [-0.1, -0.05) is 25.7 Å². The summed E-state index contributed by atoms with van der Waals surface area (Å²) in [6.07, 6.45) is 8.96. The van der Waals surface area contributed by atoms with Crippen LogP contribution in [0.25, 0.3) is 0 Å². The van der Waals surface area contributed by atoms with Crippen LogP contribution in [-0.4, -0.2) is 28.0 Å². The number of rotatable bonds is 3. The number of anilines is 1.